The van der Waals surface area contributed by atoms with E-state index in [0.717, 1.165) is 11.3 Å². The molecule has 1 aromatic carbocycles. The Morgan fingerprint density at radius 2 is 1.78 bits per heavy atom. The maximum absolute atomic E-state index is 12.5. The second-order valence-corrected chi connectivity index (χ2v) is 10.5. The quantitative estimate of drug-likeness (QED) is 0.0662. The van der Waals surface area contributed by atoms with Crippen molar-refractivity contribution in [1.29, 1.82) is 0 Å². The van der Waals surface area contributed by atoms with Crippen LogP contribution in [0.1, 0.15) is 43.0 Å². The van der Waals surface area contributed by atoms with Crippen molar-refractivity contribution in [2.45, 2.75) is 56.6 Å². The SMILES string of the molecule is Nc1nc2[nH]cc(CNc3ccc(C4OC4N[C@@H](CCC(=O)N[C@@H](CCC(=O)O)C(=O)NCCS)C(=O)O)cc3)nc-2c(=O)n1. The molecule has 45 heavy (non-hydrogen) atoms. The second kappa shape index (κ2) is 15.3. The molecule has 0 saturated carbocycles. The zero-order chi connectivity index (χ0) is 32.5. The largest absolute Gasteiger partial charge is 0.481 e. The third kappa shape index (κ3) is 9.59. The lowest BCUT2D eigenvalue weighted by molar-refractivity contribution is -0.140. The van der Waals surface area contributed by atoms with E-state index in [1.54, 1.807) is 6.20 Å². The van der Waals surface area contributed by atoms with Crippen LogP contribution >= 0.6 is 12.6 Å². The number of aromatic amines is 1. The summed E-state index contributed by atoms with van der Waals surface area (Å²) in [6.07, 6.45) is -0.125. The average Bonchev–Trinajstić information content (AvgIpc) is 3.78. The molecule has 2 unspecified atom stereocenters. The molecule has 3 heterocycles. The Hall–Kier alpha value is -4.81. The van der Waals surface area contributed by atoms with Gasteiger partial charge in [0.25, 0.3) is 0 Å². The van der Waals surface area contributed by atoms with Gasteiger partial charge in [0.05, 0.1) is 12.2 Å². The number of amides is 2. The Balaban J connectivity index is 1.25. The highest BCUT2D eigenvalue weighted by atomic mass is 32.1. The van der Waals surface area contributed by atoms with Crippen LogP contribution in [0.15, 0.2) is 35.3 Å². The number of carbonyl (C=O) groups is 4. The van der Waals surface area contributed by atoms with Crippen molar-refractivity contribution in [2.24, 2.45) is 0 Å². The molecule has 4 atom stereocenters. The predicted octanol–water partition coefficient (Wildman–Crippen LogP) is -0.525. The summed E-state index contributed by atoms with van der Waals surface area (Å²) in [5.41, 5.74) is 7.11. The number of epoxide rings is 1. The Kier molecular flexibility index (Phi) is 11.2. The van der Waals surface area contributed by atoms with Gasteiger partial charge in [-0.25, -0.2) is 4.98 Å². The number of nitrogens with two attached hydrogens (primary N) is 1. The summed E-state index contributed by atoms with van der Waals surface area (Å²) in [5, 5.41) is 29.7. The molecule has 3 aliphatic rings. The first-order valence-electron chi connectivity index (χ1n) is 13.9. The van der Waals surface area contributed by atoms with Gasteiger partial charge in [-0.05, 0) is 30.5 Å². The van der Waals surface area contributed by atoms with Crippen molar-refractivity contribution in [2.75, 3.05) is 23.3 Å². The van der Waals surface area contributed by atoms with Crippen LogP contribution in [0.3, 0.4) is 0 Å². The number of hydrogen-bond donors (Lipinski definition) is 9. The first kappa shape index (κ1) is 33.1. The number of nitrogens with one attached hydrogen (secondary N) is 5. The van der Waals surface area contributed by atoms with E-state index in [1.165, 1.54) is 0 Å². The third-order valence-electron chi connectivity index (χ3n) is 6.74. The number of nitrogens with zero attached hydrogens (tertiary/aromatic N) is 3. The number of carboxylic acid groups (broad SMARTS) is 2. The molecule has 0 spiro atoms. The number of hydrogen-bond acceptors (Lipinski definition) is 13. The lowest BCUT2D eigenvalue weighted by atomic mass is 10.1. The molecule has 1 saturated heterocycles. The number of H-pyrrole nitrogens is 1. The van der Waals surface area contributed by atoms with E-state index in [1.807, 2.05) is 24.3 Å². The normalized spacial score (nSPS) is 16.8. The number of anilines is 2. The van der Waals surface area contributed by atoms with E-state index in [9.17, 15) is 29.1 Å². The lowest BCUT2D eigenvalue weighted by Gasteiger charge is -2.18. The lowest BCUT2D eigenvalue weighted by Crippen LogP contribution is -2.48. The Morgan fingerprint density at radius 3 is 2.47 bits per heavy atom. The highest BCUT2D eigenvalue weighted by molar-refractivity contribution is 7.80. The number of ether oxygens (including phenoxy) is 1. The number of aliphatic carboxylic acids is 2. The molecule has 18 heteroatoms. The number of fused-ring (bicyclic) bond motifs is 1. The van der Waals surface area contributed by atoms with Crippen molar-refractivity contribution < 1.29 is 34.1 Å². The first-order chi connectivity index (χ1) is 21.5. The average molecular weight is 644 g/mol. The smallest absolute Gasteiger partial charge is 0.320 e. The van der Waals surface area contributed by atoms with Gasteiger partial charge >= 0.3 is 17.5 Å². The molecule has 3 aliphatic heterocycles. The van der Waals surface area contributed by atoms with Gasteiger partial charge in [-0.2, -0.15) is 22.6 Å². The second-order valence-electron chi connectivity index (χ2n) is 10.1. The minimum absolute atomic E-state index is 0.0795. The van der Waals surface area contributed by atoms with E-state index in [4.69, 9.17) is 15.6 Å². The molecular formula is C27H33N9O8S. The number of thiol groups is 1. The maximum Gasteiger partial charge on any atom is 0.320 e. The molecule has 0 aliphatic carbocycles. The zero-order valence-electron chi connectivity index (χ0n) is 23.9. The van der Waals surface area contributed by atoms with Gasteiger partial charge in [0.15, 0.2) is 11.5 Å². The Labute approximate surface area is 261 Å². The monoisotopic (exact) mass is 643 g/mol. The van der Waals surface area contributed by atoms with Crippen molar-refractivity contribution in [3.05, 3.63) is 52.1 Å². The molecular weight excluding hydrogens is 610 g/mol. The fraction of sp³-hybridized carbons (Fsp3) is 0.407. The van der Waals surface area contributed by atoms with Gasteiger partial charge in [-0.1, -0.05) is 12.1 Å². The van der Waals surface area contributed by atoms with Crippen molar-refractivity contribution >= 4 is 48.0 Å². The van der Waals surface area contributed by atoms with Gasteiger partial charge in [-0.3, -0.25) is 29.3 Å². The molecule has 2 amide bonds. The van der Waals surface area contributed by atoms with Gasteiger partial charge in [0.1, 0.15) is 24.4 Å². The van der Waals surface area contributed by atoms with E-state index in [2.05, 4.69) is 53.8 Å². The van der Waals surface area contributed by atoms with Crippen LogP contribution < -0.4 is 32.6 Å². The summed E-state index contributed by atoms with van der Waals surface area (Å²) in [6.45, 7) is 0.543. The fourth-order valence-electron chi connectivity index (χ4n) is 4.40. The fourth-order valence-corrected chi connectivity index (χ4v) is 4.52. The summed E-state index contributed by atoms with van der Waals surface area (Å²) in [4.78, 5) is 74.3. The molecule has 0 bridgehead atoms. The molecule has 0 radical (unpaired) electrons. The van der Waals surface area contributed by atoms with Crippen LogP contribution in [0.5, 0.6) is 0 Å². The number of nitrogen functional groups attached to an aromatic ring is 1. The summed E-state index contributed by atoms with van der Waals surface area (Å²) in [5.74, 6) is -2.94. The Bertz CT molecular complexity index is 1550. The van der Waals surface area contributed by atoms with Gasteiger partial charge in [0.2, 0.25) is 17.8 Å². The summed E-state index contributed by atoms with van der Waals surface area (Å²) < 4.78 is 5.63. The molecule has 9 N–H and O–H groups in total. The minimum atomic E-state index is -1.18. The van der Waals surface area contributed by atoms with E-state index < -0.39 is 53.7 Å². The standard InChI is InChI=1S/C27H33N9O8S/c28-27-35-22-20(24(41)36-27)32-15(12-31-22)11-30-14-3-1-13(2-4-14)21-25(44-21)34-17(26(42)43)5-7-18(37)33-16(6-8-19(38)39)23(40)29-9-10-45/h1-4,12,16-17,21,25,30,34,45H,5-11H2,(H,29,40)(H,33,37)(H,38,39)(H,42,43)(H3,28,31,35,36,41)/t16-,17-,21?,25?/m0/s1. The maximum atomic E-state index is 12.5. The number of carboxylic acids is 2. The number of aromatic nitrogens is 4. The van der Waals surface area contributed by atoms with Crippen LogP contribution in [0.4, 0.5) is 11.6 Å². The van der Waals surface area contributed by atoms with Crippen molar-refractivity contribution in [1.82, 2.24) is 35.9 Å². The molecule has 1 aromatic rings. The van der Waals surface area contributed by atoms with E-state index in [0.29, 0.717) is 18.0 Å². The molecule has 17 nitrogen and oxygen atoms in total. The van der Waals surface area contributed by atoms with Crippen LogP contribution in [0, 0.1) is 0 Å². The molecule has 0 aromatic heterocycles. The van der Waals surface area contributed by atoms with E-state index >= 15 is 0 Å². The topological polar surface area (TPSA) is 267 Å². The van der Waals surface area contributed by atoms with Crippen molar-refractivity contribution in [3.8, 4) is 11.5 Å². The molecule has 4 rings (SSSR count). The van der Waals surface area contributed by atoms with Crippen LogP contribution in [-0.2, 0) is 30.5 Å². The molecule has 240 valence electrons. The van der Waals surface area contributed by atoms with Gasteiger partial charge < -0.3 is 41.6 Å². The highest BCUT2D eigenvalue weighted by Gasteiger charge is 2.42. The zero-order valence-corrected chi connectivity index (χ0v) is 24.8. The van der Waals surface area contributed by atoms with Crippen molar-refractivity contribution in [3.63, 3.8) is 0 Å². The van der Waals surface area contributed by atoms with E-state index in [-0.39, 0.29) is 49.7 Å². The summed E-state index contributed by atoms with van der Waals surface area (Å²) in [6, 6.07) is 5.09. The number of rotatable bonds is 17. The molecule has 1 fully saturated rings. The van der Waals surface area contributed by atoms with Crippen LogP contribution in [0.2, 0.25) is 0 Å². The number of carbonyl (C=O) groups excluding carboxylic acids is 2. The summed E-state index contributed by atoms with van der Waals surface area (Å²) >= 11 is 4.01. The first-order valence-corrected chi connectivity index (χ1v) is 14.6. The van der Waals surface area contributed by atoms with Crippen LogP contribution in [0.25, 0.3) is 11.5 Å². The third-order valence-corrected chi connectivity index (χ3v) is 6.96. The highest BCUT2D eigenvalue weighted by Crippen LogP contribution is 2.37. The van der Waals surface area contributed by atoms with Crippen LogP contribution in [-0.4, -0.2) is 84.5 Å². The minimum Gasteiger partial charge on any atom is -0.481 e. The predicted molar refractivity (Wildman–Crippen MR) is 162 cm³/mol. The number of benzene rings is 1. The van der Waals surface area contributed by atoms with Gasteiger partial charge in [-0.15, -0.1) is 0 Å². The van der Waals surface area contributed by atoms with Gasteiger partial charge in [0, 0.05) is 37.0 Å². The summed E-state index contributed by atoms with van der Waals surface area (Å²) in [7, 11) is 0. The Morgan fingerprint density at radius 1 is 1.04 bits per heavy atom.